The lowest BCUT2D eigenvalue weighted by Crippen LogP contribution is -2.62. The highest BCUT2D eigenvalue weighted by Crippen LogP contribution is 2.41. The number of phenolic OH excluding ortho intramolecular Hbond substituents is 1. The lowest BCUT2D eigenvalue weighted by Gasteiger charge is -2.47. The number of aliphatic hydroxyl groups excluding tert-OH is 1. The summed E-state index contributed by atoms with van der Waals surface area (Å²) in [7, 11) is 0. The maximum absolute atomic E-state index is 10.9. The molecule has 0 radical (unpaired) electrons. The Morgan fingerprint density at radius 3 is 1.87 bits per heavy atom. The molecule has 1 aliphatic rings. The summed E-state index contributed by atoms with van der Waals surface area (Å²) in [5.41, 5.74) is 1.44. The van der Waals surface area contributed by atoms with Crippen LogP contribution in [0.5, 0.6) is 11.5 Å². The second-order valence-electron chi connectivity index (χ2n) is 12.7. The molecule has 5 heteroatoms. The average molecular weight is 435 g/mol. The molecule has 1 aromatic rings. The molecular formula is C26H46N2O3. The Bertz CT molecular complexity index is 706. The third-order valence-corrected chi connectivity index (χ3v) is 5.97. The van der Waals surface area contributed by atoms with Crippen LogP contribution in [0.4, 0.5) is 0 Å². The second kappa shape index (κ2) is 8.92. The molecule has 4 N–H and O–H groups in total. The third kappa shape index (κ3) is 7.37. The van der Waals surface area contributed by atoms with Crippen LogP contribution in [0.25, 0.3) is 0 Å². The van der Waals surface area contributed by atoms with E-state index in [0.29, 0.717) is 24.1 Å². The highest BCUT2D eigenvalue weighted by Gasteiger charge is 2.37. The van der Waals surface area contributed by atoms with Crippen molar-refractivity contribution in [1.29, 1.82) is 0 Å². The number of rotatable bonds is 6. The van der Waals surface area contributed by atoms with Crippen LogP contribution in [0.15, 0.2) is 12.1 Å². The standard InChI is InChI=1S/C26H46N2O3/c1-23(2,3)20-11-19(12-21(22(20)30)24(4,5)6)31-16-18(29)15-27-17-13-25(7,8)28-26(9,10)14-17/h11-12,17-18,27-30H,13-16H2,1-10H3. The fraction of sp³-hybridized carbons (Fsp3) is 0.769. The van der Waals surface area contributed by atoms with Crippen molar-refractivity contribution in [2.24, 2.45) is 0 Å². The van der Waals surface area contributed by atoms with Crippen molar-refractivity contribution in [3.05, 3.63) is 23.3 Å². The summed E-state index contributed by atoms with van der Waals surface area (Å²) in [6.45, 7) is 22.1. The predicted molar refractivity (Wildman–Crippen MR) is 129 cm³/mol. The first kappa shape index (κ1) is 26.0. The molecule has 31 heavy (non-hydrogen) atoms. The number of aliphatic hydroxyl groups is 1. The Kier molecular flexibility index (Phi) is 7.46. The van der Waals surface area contributed by atoms with Gasteiger partial charge >= 0.3 is 0 Å². The van der Waals surface area contributed by atoms with Crippen LogP contribution < -0.4 is 15.4 Å². The van der Waals surface area contributed by atoms with Gasteiger partial charge in [-0.3, -0.25) is 0 Å². The number of hydrogen-bond donors (Lipinski definition) is 4. The van der Waals surface area contributed by atoms with E-state index in [1.165, 1.54) is 0 Å². The summed E-state index contributed by atoms with van der Waals surface area (Å²) in [5.74, 6) is 1.03. The Morgan fingerprint density at radius 2 is 1.45 bits per heavy atom. The van der Waals surface area contributed by atoms with Gasteiger partial charge in [0, 0.05) is 34.8 Å². The van der Waals surface area contributed by atoms with Gasteiger partial charge in [0.1, 0.15) is 24.2 Å². The highest BCUT2D eigenvalue weighted by atomic mass is 16.5. The molecular weight excluding hydrogens is 388 g/mol. The van der Waals surface area contributed by atoms with E-state index in [1.54, 1.807) is 0 Å². The van der Waals surface area contributed by atoms with E-state index in [0.717, 1.165) is 24.0 Å². The Hall–Kier alpha value is -1.30. The first-order valence-corrected chi connectivity index (χ1v) is 11.6. The molecule has 1 atom stereocenters. The topological polar surface area (TPSA) is 73.8 Å². The summed E-state index contributed by atoms with van der Waals surface area (Å²) >= 11 is 0. The smallest absolute Gasteiger partial charge is 0.123 e. The Morgan fingerprint density at radius 1 is 1.00 bits per heavy atom. The van der Waals surface area contributed by atoms with Gasteiger partial charge in [0.2, 0.25) is 0 Å². The largest absolute Gasteiger partial charge is 0.507 e. The van der Waals surface area contributed by atoms with E-state index < -0.39 is 6.10 Å². The molecule has 1 unspecified atom stereocenters. The van der Waals surface area contributed by atoms with Crippen LogP contribution in [0.3, 0.4) is 0 Å². The van der Waals surface area contributed by atoms with Crippen molar-refractivity contribution < 1.29 is 14.9 Å². The highest BCUT2D eigenvalue weighted by molar-refractivity contribution is 5.51. The van der Waals surface area contributed by atoms with Crippen molar-refractivity contribution in [2.45, 2.75) is 116 Å². The van der Waals surface area contributed by atoms with Crippen molar-refractivity contribution in [3.63, 3.8) is 0 Å². The quantitative estimate of drug-likeness (QED) is 0.525. The van der Waals surface area contributed by atoms with Crippen LogP contribution in [0.1, 0.15) is 93.2 Å². The normalized spacial score (nSPS) is 20.5. The van der Waals surface area contributed by atoms with Gasteiger partial charge in [-0.15, -0.1) is 0 Å². The molecule has 0 saturated carbocycles. The van der Waals surface area contributed by atoms with E-state index in [2.05, 4.69) is 79.9 Å². The van der Waals surface area contributed by atoms with Crippen LogP contribution in [-0.4, -0.2) is 46.6 Å². The minimum Gasteiger partial charge on any atom is -0.507 e. The number of piperidine rings is 1. The van der Waals surface area contributed by atoms with Gasteiger partial charge in [0.25, 0.3) is 0 Å². The van der Waals surface area contributed by atoms with Gasteiger partial charge in [-0.2, -0.15) is 0 Å². The number of ether oxygens (including phenoxy) is 1. The molecule has 0 aromatic heterocycles. The fourth-order valence-electron chi connectivity index (χ4n) is 4.86. The number of hydrogen-bond acceptors (Lipinski definition) is 5. The maximum Gasteiger partial charge on any atom is 0.123 e. The van der Waals surface area contributed by atoms with Crippen LogP contribution >= 0.6 is 0 Å². The summed E-state index contributed by atoms with van der Waals surface area (Å²) in [4.78, 5) is 0. The minimum atomic E-state index is -0.605. The van der Waals surface area contributed by atoms with E-state index >= 15 is 0 Å². The molecule has 1 heterocycles. The van der Waals surface area contributed by atoms with Gasteiger partial charge in [0.15, 0.2) is 0 Å². The minimum absolute atomic E-state index is 0.0691. The van der Waals surface area contributed by atoms with Crippen molar-refractivity contribution in [1.82, 2.24) is 10.6 Å². The molecule has 178 valence electrons. The molecule has 1 fully saturated rings. The van der Waals surface area contributed by atoms with E-state index in [4.69, 9.17) is 4.74 Å². The molecule has 2 rings (SSSR count). The van der Waals surface area contributed by atoms with Crippen molar-refractivity contribution in [2.75, 3.05) is 13.2 Å². The SMILES string of the molecule is CC1(C)CC(NCC(O)COc2cc(C(C)(C)C)c(O)c(C(C)(C)C)c2)CC(C)(C)N1. The monoisotopic (exact) mass is 434 g/mol. The van der Waals surface area contributed by atoms with Gasteiger partial charge in [-0.05, 0) is 63.5 Å². The zero-order valence-electron chi connectivity index (χ0n) is 21.4. The summed E-state index contributed by atoms with van der Waals surface area (Å²) in [6.07, 6.45) is 1.43. The molecule has 0 aliphatic carbocycles. The molecule has 0 amide bonds. The Balaban J connectivity index is 2.04. The fourth-order valence-corrected chi connectivity index (χ4v) is 4.86. The van der Waals surface area contributed by atoms with Crippen molar-refractivity contribution in [3.8, 4) is 11.5 Å². The van der Waals surface area contributed by atoms with Gasteiger partial charge < -0.3 is 25.6 Å². The van der Waals surface area contributed by atoms with Gasteiger partial charge in [-0.25, -0.2) is 0 Å². The number of phenols is 1. The molecule has 0 spiro atoms. The molecule has 0 bridgehead atoms. The average Bonchev–Trinajstić information content (AvgIpc) is 2.54. The van der Waals surface area contributed by atoms with Crippen LogP contribution in [0, 0.1) is 0 Å². The molecule has 1 saturated heterocycles. The zero-order valence-corrected chi connectivity index (χ0v) is 21.4. The Labute approximate surface area is 190 Å². The zero-order chi connectivity index (χ0) is 23.8. The van der Waals surface area contributed by atoms with E-state index in [9.17, 15) is 10.2 Å². The predicted octanol–water partition coefficient (Wildman–Crippen LogP) is 4.63. The molecule has 1 aromatic carbocycles. The summed E-state index contributed by atoms with van der Waals surface area (Å²) in [6, 6.07) is 4.17. The number of benzene rings is 1. The van der Waals surface area contributed by atoms with Gasteiger partial charge in [-0.1, -0.05) is 41.5 Å². The van der Waals surface area contributed by atoms with Crippen LogP contribution in [0.2, 0.25) is 0 Å². The molecule has 1 aliphatic heterocycles. The number of nitrogens with one attached hydrogen (secondary N) is 2. The van der Waals surface area contributed by atoms with Crippen LogP contribution in [-0.2, 0) is 10.8 Å². The maximum atomic E-state index is 10.9. The van der Waals surface area contributed by atoms with Gasteiger partial charge in [0.05, 0.1) is 0 Å². The molecule has 5 nitrogen and oxygen atoms in total. The third-order valence-electron chi connectivity index (χ3n) is 5.97. The van der Waals surface area contributed by atoms with E-state index in [-0.39, 0.29) is 28.5 Å². The first-order valence-electron chi connectivity index (χ1n) is 11.6. The second-order valence-corrected chi connectivity index (χ2v) is 12.7. The van der Waals surface area contributed by atoms with Crippen molar-refractivity contribution >= 4 is 0 Å². The lowest BCUT2D eigenvalue weighted by molar-refractivity contribution is 0.0900. The first-order chi connectivity index (χ1) is 13.9. The summed E-state index contributed by atoms with van der Waals surface area (Å²) < 4.78 is 6.00. The van der Waals surface area contributed by atoms with E-state index in [1.807, 2.05) is 12.1 Å². The summed E-state index contributed by atoms with van der Waals surface area (Å²) in [5, 5.41) is 28.6. The number of aromatic hydroxyl groups is 1. The lowest BCUT2D eigenvalue weighted by atomic mass is 9.79.